The van der Waals surface area contributed by atoms with Gasteiger partial charge in [-0.1, -0.05) is 11.8 Å². The van der Waals surface area contributed by atoms with E-state index in [0.29, 0.717) is 9.72 Å². The minimum atomic E-state index is -0.611. The largest absolute Gasteiger partial charge is 0.332 e. The summed E-state index contributed by atoms with van der Waals surface area (Å²) in [7, 11) is 0. The third kappa shape index (κ3) is 2.54. The van der Waals surface area contributed by atoms with E-state index in [9.17, 15) is 8.78 Å². The maximum absolute atomic E-state index is 13.6. The standard InChI is InChI=1S/C12H11BrF2N2S/c13-8-3-7(14)4-9(15)11(8)17-12-16-5-10(18-12)6-1-2-6/h3-4,6,10H,1-2,5H2,(H,16,17). The molecular formula is C12H11BrF2N2S. The van der Waals surface area contributed by atoms with E-state index in [0.717, 1.165) is 23.7 Å². The fourth-order valence-corrected chi connectivity index (χ4v) is 3.66. The van der Waals surface area contributed by atoms with Crippen molar-refractivity contribution in [2.45, 2.75) is 18.1 Å². The topological polar surface area (TPSA) is 24.4 Å². The van der Waals surface area contributed by atoms with Crippen molar-refractivity contribution in [2.24, 2.45) is 10.9 Å². The van der Waals surface area contributed by atoms with Gasteiger partial charge in [0.05, 0.1) is 12.2 Å². The highest BCUT2D eigenvalue weighted by molar-refractivity contribution is 9.10. The zero-order chi connectivity index (χ0) is 12.7. The average molecular weight is 333 g/mol. The number of thioether (sulfide) groups is 1. The molecule has 1 aliphatic heterocycles. The summed E-state index contributed by atoms with van der Waals surface area (Å²) in [5, 5.41) is 4.19. The molecule has 1 heterocycles. The van der Waals surface area contributed by atoms with Crippen molar-refractivity contribution < 1.29 is 8.78 Å². The van der Waals surface area contributed by atoms with E-state index in [1.54, 1.807) is 11.8 Å². The van der Waals surface area contributed by atoms with Gasteiger partial charge >= 0.3 is 0 Å². The van der Waals surface area contributed by atoms with Crippen LogP contribution in [-0.4, -0.2) is 17.0 Å². The lowest BCUT2D eigenvalue weighted by atomic mass is 10.3. The number of hydrogen-bond donors (Lipinski definition) is 1. The Kier molecular flexibility index (Phi) is 3.32. The Hall–Kier alpha value is -0.620. The summed E-state index contributed by atoms with van der Waals surface area (Å²) in [6.45, 7) is 0.790. The van der Waals surface area contributed by atoms with Crippen molar-refractivity contribution in [3.63, 3.8) is 0 Å². The van der Waals surface area contributed by atoms with Gasteiger partial charge in [-0.2, -0.15) is 0 Å². The zero-order valence-corrected chi connectivity index (χ0v) is 11.8. The number of nitrogens with zero attached hydrogens (tertiary/aromatic N) is 1. The number of halogens is 3. The lowest BCUT2D eigenvalue weighted by Gasteiger charge is -2.10. The Morgan fingerprint density at radius 1 is 1.33 bits per heavy atom. The molecule has 0 bridgehead atoms. The second kappa shape index (κ2) is 4.81. The summed E-state index contributed by atoms with van der Waals surface area (Å²) in [4.78, 5) is 4.37. The van der Waals surface area contributed by atoms with Crippen molar-refractivity contribution in [2.75, 3.05) is 11.9 Å². The molecule has 2 nitrogen and oxygen atoms in total. The van der Waals surface area contributed by atoms with Crippen LogP contribution in [0.5, 0.6) is 0 Å². The van der Waals surface area contributed by atoms with Crippen LogP contribution in [0.1, 0.15) is 12.8 Å². The van der Waals surface area contributed by atoms with Crippen LogP contribution in [0.4, 0.5) is 14.5 Å². The van der Waals surface area contributed by atoms with Crippen molar-refractivity contribution in [1.82, 2.24) is 0 Å². The van der Waals surface area contributed by atoms with Crippen LogP contribution < -0.4 is 5.32 Å². The minimum Gasteiger partial charge on any atom is -0.332 e. The van der Waals surface area contributed by atoms with E-state index in [4.69, 9.17) is 0 Å². The van der Waals surface area contributed by atoms with Gasteiger partial charge in [-0.25, -0.2) is 8.78 Å². The van der Waals surface area contributed by atoms with Gasteiger partial charge in [0.25, 0.3) is 0 Å². The van der Waals surface area contributed by atoms with Crippen molar-refractivity contribution in [3.8, 4) is 0 Å². The van der Waals surface area contributed by atoms with Crippen molar-refractivity contribution in [1.29, 1.82) is 0 Å². The number of benzene rings is 1. The highest BCUT2D eigenvalue weighted by atomic mass is 79.9. The van der Waals surface area contributed by atoms with Crippen molar-refractivity contribution in [3.05, 3.63) is 28.2 Å². The van der Waals surface area contributed by atoms with E-state index < -0.39 is 11.6 Å². The predicted molar refractivity (Wildman–Crippen MR) is 74.1 cm³/mol. The first kappa shape index (κ1) is 12.4. The molecule has 18 heavy (non-hydrogen) atoms. The number of rotatable bonds is 2. The second-order valence-corrected chi connectivity index (χ2v) is 6.59. The molecule has 0 radical (unpaired) electrons. The number of aliphatic imine (C=N–C) groups is 1. The van der Waals surface area contributed by atoms with Gasteiger partial charge in [0, 0.05) is 15.8 Å². The molecule has 1 fully saturated rings. The fourth-order valence-electron chi connectivity index (χ4n) is 1.94. The molecule has 1 aromatic rings. The van der Waals surface area contributed by atoms with Gasteiger partial charge in [-0.15, -0.1) is 0 Å². The monoisotopic (exact) mass is 332 g/mol. The smallest absolute Gasteiger partial charge is 0.161 e. The Bertz CT molecular complexity index is 494. The molecule has 1 atom stereocenters. The summed E-state index contributed by atoms with van der Waals surface area (Å²) in [6.07, 6.45) is 2.55. The van der Waals surface area contributed by atoms with E-state index in [1.165, 1.54) is 18.9 Å². The molecule has 1 aromatic carbocycles. The molecule has 0 saturated heterocycles. The minimum absolute atomic E-state index is 0.249. The Balaban J connectivity index is 1.73. The molecule has 0 amide bonds. The number of amidine groups is 1. The highest BCUT2D eigenvalue weighted by Gasteiger charge is 2.35. The van der Waals surface area contributed by atoms with Gasteiger partial charge in [-0.3, -0.25) is 4.99 Å². The van der Waals surface area contributed by atoms with E-state index >= 15 is 0 Å². The predicted octanol–water partition coefficient (Wildman–Crippen LogP) is 4.02. The molecule has 1 N–H and O–H groups in total. The Morgan fingerprint density at radius 3 is 2.78 bits per heavy atom. The molecule has 3 rings (SSSR count). The van der Waals surface area contributed by atoms with Crippen LogP contribution in [0, 0.1) is 17.6 Å². The molecule has 6 heteroatoms. The lowest BCUT2D eigenvalue weighted by Crippen LogP contribution is -2.10. The number of anilines is 1. The summed E-state index contributed by atoms with van der Waals surface area (Å²) in [5.41, 5.74) is 0.249. The van der Waals surface area contributed by atoms with Crippen LogP contribution >= 0.6 is 27.7 Å². The van der Waals surface area contributed by atoms with Gasteiger partial charge in [0.15, 0.2) is 11.0 Å². The molecule has 1 unspecified atom stereocenters. The van der Waals surface area contributed by atoms with E-state index in [2.05, 4.69) is 26.2 Å². The molecule has 0 spiro atoms. The molecule has 2 aliphatic rings. The van der Waals surface area contributed by atoms with Crippen LogP contribution in [0.3, 0.4) is 0 Å². The first-order chi connectivity index (χ1) is 8.63. The normalized spacial score (nSPS) is 23.1. The second-order valence-electron chi connectivity index (χ2n) is 4.51. The molecule has 96 valence electrons. The molecule has 1 aliphatic carbocycles. The number of nitrogens with one attached hydrogen (secondary N) is 1. The molecule has 1 saturated carbocycles. The maximum atomic E-state index is 13.6. The SMILES string of the molecule is Fc1cc(F)c(NC2=NCC(C3CC3)S2)c(Br)c1. The van der Waals surface area contributed by atoms with Gasteiger partial charge in [0.1, 0.15) is 5.82 Å². The van der Waals surface area contributed by atoms with Crippen LogP contribution in [0.2, 0.25) is 0 Å². The fraction of sp³-hybridized carbons (Fsp3) is 0.417. The van der Waals surface area contributed by atoms with Crippen LogP contribution in [-0.2, 0) is 0 Å². The zero-order valence-electron chi connectivity index (χ0n) is 9.42. The van der Waals surface area contributed by atoms with E-state index in [-0.39, 0.29) is 5.69 Å². The van der Waals surface area contributed by atoms with E-state index in [1.807, 2.05) is 0 Å². The first-order valence-electron chi connectivity index (χ1n) is 5.76. The molecular weight excluding hydrogens is 322 g/mol. The summed E-state index contributed by atoms with van der Waals surface area (Å²) in [6, 6.07) is 2.11. The Morgan fingerprint density at radius 2 is 2.11 bits per heavy atom. The van der Waals surface area contributed by atoms with Crippen molar-refractivity contribution >= 4 is 38.5 Å². The summed E-state index contributed by atoms with van der Waals surface area (Å²) >= 11 is 4.81. The van der Waals surface area contributed by atoms with Gasteiger partial charge < -0.3 is 5.32 Å². The lowest BCUT2D eigenvalue weighted by molar-refractivity contribution is 0.585. The van der Waals surface area contributed by atoms with Crippen LogP contribution in [0.25, 0.3) is 0 Å². The van der Waals surface area contributed by atoms with Crippen LogP contribution in [0.15, 0.2) is 21.6 Å². The van der Waals surface area contributed by atoms with Gasteiger partial charge in [-0.05, 0) is 40.8 Å². The first-order valence-corrected chi connectivity index (χ1v) is 7.43. The maximum Gasteiger partial charge on any atom is 0.161 e. The summed E-state index contributed by atoms with van der Waals surface area (Å²) < 4.78 is 27.0. The average Bonchev–Trinajstić information content (AvgIpc) is 3.04. The quantitative estimate of drug-likeness (QED) is 0.884. The summed E-state index contributed by atoms with van der Waals surface area (Å²) in [5.74, 6) is -0.443. The number of hydrogen-bond acceptors (Lipinski definition) is 3. The Labute approximate surface area is 116 Å². The van der Waals surface area contributed by atoms with Gasteiger partial charge in [0.2, 0.25) is 0 Å². The third-order valence-corrected chi connectivity index (χ3v) is 4.98. The third-order valence-electron chi connectivity index (χ3n) is 3.06. The molecule has 0 aromatic heterocycles. The highest BCUT2D eigenvalue weighted by Crippen LogP contribution is 2.42.